The van der Waals surface area contributed by atoms with Gasteiger partial charge in [0, 0.05) is 8.96 Å². The van der Waals surface area contributed by atoms with Crippen LogP contribution in [0.1, 0.15) is 5.56 Å². The van der Waals surface area contributed by atoms with E-state index in [-0.39, 0.29) is 0 Å². The van der Waals surface area contributed by atoms with Crippen molar-refractivity contribution in [1.82, 2.24) is 0 Å². The second kappa shape index (κ2) is 3.45. The quantitative estimate of drug-likeness (QED) is 0.673. The second-order valence-electron chi connectivity index (χ2n) is 2.50. The number of fused-ring (bicyclic) bond motifs is 1. The number of thiophene rings is 1. The maximum Gasteiger partial charge on any atom is 0.100 e. The monoisotopic (exact) mass is 319 g/mol. The number of rotatable bonds is 0. The molecule has 0 fully saturated rings. The molecule has 0 aliphatic heterocycles. The summed E-state index contributed by atoms with van der Waals surface area (Å²) in [4.78, 5) is 0. The number of halogens is 2. The molecule has 4 heteroatoms. The molecule has 0 aliphatic rings. The number of hydrogen-bond donors (Lipinski definition) is 0. The van der Waals surface area contributed by atoms with Crippen LogP contribution in [0.15, 0.2) is 17.5 Å². The fourth-order valence-electron chi connectivity index (χ4n) is 1.14. The molecule has 0 spiro atoms. The molecule has 64 valence electrons. The van der Waals surface area contributed by atoms with Gasteiger partial charge in [0.05, 0.1) is 15.3 Å². The van der Waals surface area contributed by atoms with E-state index in [2.05, 4.69) is 28.7 Å². The molecule has 1 aromatic heterocycles. The first-order valence-corrected chi connectivity index (χ1v) is 5.83. The summed E-state index contributed by atoms with van der Waals surface area (Å²) >= 11 is 9.80. The maximum absolute atomic E-state index is 8.83. The first-order valence-electron chi connectivity index (χ1n) is 3.49. The van der Waals surface area contributed by atoms with Crippen LogP contribution >= 0.6 is 45.5 Å². The van der Waals surface area contributed by atoms with Crippen molar-refractivity contribution in [3.8, 4) is 6.07 Å². The van der Waals surface area contributed by atoms with Gasteiger partial charge in [0.2, 0.25) is 0 Å². The van der Waals surface area contributed by atoms with E-state index < -0.39 is 0 Å². The summed E-state index contributed by atoms with van der Waals surface area (Å²) in [5.74, 6) is 0. The van der Waals surface area contributed by atoms with E-state index in [4.69, 9.17) is 16.9 Å². The van der Waals surface area contributed by atoms with Gasteiger partial charge in [-0.15, -0.1) is 11.3 Å². The van der Waals surface area contributed by atoms with E-state index in [9.17, 15) is 0 Å². The van der Waals surface area contributed by atoms with Crippen molar-refractivity contribution in [2.75, 3.05) is 0 Å². The summed E-state index contributed by atoms with van der Waals surface area (Å²) in [6.07, 6.45) is 0. The number of benzene rings is 1. The third-order valence-electron chi connectivity index (χ3n) is 1.75. The Morgan fingerprint density at radius 2 is 2.31 bits per heavy atom. The van der Waals surface area contributed by atoms with Crippen LogP contribution in [0, 0.1) is 14.9 Å². The van der Waals surface area contributed by atoms with Crippen LogP contribution in [0.3, 0.4) is 0 Å². The van der Waals surface area contributed by atoms with Gasteiger partial charge in [-0.2, -0.15) is 5.26 Å². The molecular formula is C9H3ClINS. The lowest BCUT2D eigenvalue weighted by atomic mass is 10.2. The highest BCUT2D eigenvalue weighted by molar-refractivity contribution is 14.1. The van der Waals surface area contributed by atoms with Crippen molar-refractivity contribution in [3.63, 3.8) is 0 Å². The molecule has 0 N–H and O–H groups in total. The summed E-state index contributed by atoms with van der Waals surface area (Å²) < 4.78 is 2.10. The molecule has 0 aliphatic carbocycles. The summed E-state index contributed by atoms with van der Waals surface area (Å²) in [5, 5.41) is 12.5. The molecule has 1 heterocycles. The van der Waals surface area contributed by atoms with Crippen LogP contribution in [-0.2, 0) is 0 Å². The highest BCUT2D eigenvalue weighted by Gasteiger charge is 2.09. The van der Waals surface area contributed by atoms with Gasteiger partial charge in [-0.1, -0.05) is 11.6 Å². The van der Waals surface area contributed by atoms with Gasteiger partial charge in [-0.25, -0.2) is 0 Å². The van der Waals surface area contributed by atoms with Crippen molar-refractivity contribution in [3.05, 3.63) is 31.7 Å². The minimum atomic E-state index is 0.653. The Labute approximate surface area is 98.1 Å². The molecule has 13 heavy (non-hydrogen) atoms. The zero-order valence-corrected chi connectivity index (χ0v) is 10.1. The second-order valence-corrected chi connectivity index (χ2v) is 4.90. The third-order valence-corrected chi connectivity index (χ3v) is 4.48. The fourth-order valence-corrected chi connectivity index (χ4v) is 3.27. The molecule has 2 aromatic rings. The molecule has 0 bridgehead atoms. The van der Waals surface area contributed by atoms with Crippen molar-refractivity contribution >= 4 is 55.6 Å². The molecule has 0 amide bonds. The first kappa shape index (κ1) is 9.25. The summed E-state index contributed by atoms with van der Waals surface area (Å²) in [7, 11) is 0. The summed E-state index contributed by atoms with van der Waals surface area (Å²) in [5.41, 5.74) is 0.653. The fraction of sp³-hybridized carbons (Fsp3) is 0. The Kier molecular flexibility index (Phi) is 2.45. The van der Waals surface area contributed by atoms with E-state index in [1.807, 2.05) is 11.4 Å². The largest absolute Gasteiger partial charge is 0.192 e. The zero-order chi connectivity index (χ0) is 9.42. The van der Waals surface area contributed by atoms with E-state index in [1.54, 1.807) is 17.4 Å². The molecule has 1 nitrogen and oxygen atoms in total. The molecule has 0 unspecified atom stereocenters. The third kappa shape index (κ3) is 1.43. The van der Waals surface area contributed by atoms with Gasteiger partial charge in [-0.05, 0) is 40.1 Å². The van der Waals surface area contributed by atoms with E-state index in [0.717, 1.165) is 13.7 Å². The molecule has 0 radical (unpaired) electrons. The van der Waals surface area contributed by atoms with Gasteiger partial charge in [-0.3, -0.25) is 0 Å². The minimum Gasteiger partial charge on any atom is -0.192 e. The molecular weight excluding hydrogens is 317 g/mol. The van der Waals surface area contributed by atoms with Gasteiger partial charge in [0.25, 0.3) is 0 Å². The van der Waals surface area contributed by atoms with Crippen LogP contribution in [-0.4, -0.2) is 0 Å². The van der Waals surface area contributed by atoms with E-state index in [0.29, 0.717) is 10.6 Å². The molecule has 0 saturated heterocycles. The smallest absolute Gasteiger partial charge is 0.100 e. The van der Waals surface area contributed by atoms with Crippen LogP contribution in [0.2, 0.25) is 5.02 Å². The lowest BCUT2D eigenvalue weighted by molar-refractivity contribution is 1.49. The normalized spacial score (nSPS) is 10.2. The summed E-state index contributed by atoms with van der Waals surface area (Å²) in [6.45, 7) is 0. The molecule has 2 rings (SSSR count). The molecule has 0 saturated carbocycles. The average Bonchev–Trinajstić information content (AvgIpc) is 2.60. The zero-order valence-electron chi connectivity index (χ0n) is 6.34. The van der Waals surface area contributed by atoms with Crippen molar-refractivity contribution in [1.29, 1.82) is 5.26 Å². The standard InChI is InChI=1S/C9H3ClINS/c10-7-3-5(4-12)8(11)9-6(7)1-2-13-9/h1-3H. The number of nitriles is 1. The highest BCUT2D eigenvalue weighted by atomic mass is 127. The lowest BCUT2D eigenvalue weighted by Crippen LogP contribution is -1.81. The maximum atomic E-state index is 8.83. The Morgan fingerprint density at radius 1 is 1.54 bits per heavy atom. The minimum absolute atomic E-state index is 0.653. The Hall–Kier alpha value is -0.310. The van der Waals surface area contributed by atoms with E-state index >= 15 is 0 Å². The predicted molar refractivity (Wildman–Crippen MR) is 64.3 cm³/mol. The van der Waals surface area contributed by atoms with Gasteiger partial charge in [0.15, 0.2) is 0 Å². The Balaban J connectivity index is 2.95. The van der Waals surface area contributed by atoms with Crippen molar-refractivity contribution < 1.29 is 0 Å². The molecule has 0 atom stereocenters. The Morgan fingerprint density at radius 3 is 3.00 bits per heavy atom. The van der Waals surface area contributed by atoms with Crippen LogP contribution in [0.5, 0.6) is 0 Å². The predicted octanol–water partition coefficient (Wildman–Crippen LogP) is 4.03. The van der Waals surface area contributed by atoms with Gasteiger partial charge < -0.3 is 0 Å². The first-order chi connectivity index (χ1) is 6.24. The highest BCUT2D eigenvalue weighted by Crippen LogP contribution is 2.33. The van der Waals surface area contributed by atoms with Crippen molar-refractivity contribution in [2.24, 2.45) is 0 Å². The average molecular weight is 320 g/mol. The Bertz CT molecular complexity index is 512. The van der Waals surface area contributed by atoms with E-state index in [1.165, 1.54) is 0 Å². The number of hydrogen-bond acceptors (Lipinski definition) is 2. The van der Waals surface area contributed by atoms with Gasteiger partial charge in [0.1, 0.15) is 6.07 Å². The lowest BCUT2D eigenvalue weighted by Gasteiger charge is -1.99. The molecule has 1 aromatic carbocycles. The van der Waals surface area contributed by atoms with Crippen molar-refractivity contribution in [2.45, 2.75) is 0 Å². The SMILES string of the molecule is N#Cc1cc(Cl)c2ccsc2c1I. The van der Waals surface area contributed by atoms with Gasteiger partial charge >= 0.3 is 0 Å². The van der Waals surface area contributed by atoms with Crippen LogP contribution < -0.4 is 0 Å². The van der Waals surface area contributed by atoms with Crippen LogP contribution in [0.4, 0.5) is 0 Å². The van der Waals surface area contributed by atoms with Crippen LogP contribution in [0.25, 0.3) is 10.1 Å². The summed E-state index contributed by atoms with van der Waals surface area (Å²) in [6, 6.07) is 5.83. The number of nitrogens with zero attached hydrogens (tertiary/aromatic N) is 1. The topological polar surface area (TPSA) is 23.8 Å².